The van der Waals surface area contributed by atoms with E-state index in [1.807, 2.05) is 0 Å². The second-order valence-electron chi connectivity index (χ2n) is 3.95. The van der Waals surface area contributed by atoms with Gasteiger partial charge in [-0.25, -0.2) is 4.79 Å². The summed E-state index contributed by atoms with van der Waals surface area (Å²) >= 11 is 0. The normalized spacial score (nSPS) is 15.1. The standard InChI is InChI=1S/C12H11F3O5/c1-2-18-11(17)10(16)6-3-8-9(20-5-19-8)4-7(6)12(13,14)15/h3-4,10,16H,2,5H2,1H3. The molecule has 1 N–H and O–H groups in total. The summed E-state index contributed by atoms with van der Waals surface area (Å²) in [5.41, 5.74) is -1.79. The molecule has 1 atom stereocenters. The highest BCUT2D eigenvalue weighted by Gasteiger charge is 2.39. The maximum atomic E-state index is 13.0. The molecule has 0 fully saturated rings. The molecule has 1 aliphatic rings. The second kappa shape index (κ2) is 5.20. The third kappa shape index (κ3) is 2.64. The number of benzene rings is 1. The highest BCUT2D eigenvalue weighted by atomic mass is 19.4. The molecule has 0 spiro atoms. The summed E-state index contributed by atoms with van der Waals surface area (Å²) < 4.78 is 53.2. The lowest BCUT2D eigenvalue weighted by molar-refractivity contribution is -0.155. The van der Waals surface area contributed by atoms with E-state index in [1.54, 1.807) is 0 Å². The van der Waals surface area contributed by atoms with Gasteiger partial charge in [0.2, 0.25) is 6.79 Å². The lowest BCUT2D eigenvalue weighted by Gasteiger charge is -2.17. The van der Waals surface area contributed by atoms with Crippen LogP contribution in [0.1, 0.15) is 24.2 Å². The molecule has 0 bridgehead atoms. The average molecular weight is 292 g/mol. The third-order valence-corrected chi connectivity index (χ3v) is 2.65. The van der Waals surface area contributed by atoms with Crippen LogP contribution >= 0.6 is 0 Å². The number of rotatable bonds is 3. The third-order valence-electron chi connectivity index (χ3n) is 2.65. The Labute approximate surface area is 111 Å². The topological polar surface area (TPSA) is 65.0 Å². The molecule has 0 amide bonds. The Bertz CT molecular complexity index is 527. The Balaban J connectivity index is 2.47. The van der Waals surface area contributed by atoms with Gasteiger partial charge in [0.25, 0.3) is 0 Å². The van der Waals surface area contributed by atoms with E-state index in [4.69, 9.17) is 9.47 Å². The zero-order chi connectivity index (χ0) is 14.9. The number of aliphatic hydroxyl groups is 1. The van der Waals surface area contributed by atoms with Gasteiger partial charge in [-0.05, 0) is 19.1 Å². The van der Waals surface area contributed by atoms with Crippen LogP contribution in [0.2, 0.25) is 0 Å². The molecule has 2 rings (SSSR count). The number of fused-ring (bicyclic) bond motifs is 1. The number of carbonyl (C=O) groups excluding carboxylic acids is 1. The number of hydrogen-bond acceptors (Lipinski definition) is 5. The molecule has 20 heavy (non-hydrogen) atoms. The molecule has 110 valence electrons. The van der Waals surface area contributed by atoms with Crippen LogP contribution in [0.5, 0.6) is 11.5 Å². The predicted octanol–water partition coefficient (Wildman–Crippen LogP) is 2.03. The van der Waals surface area contributed by atoms with Gasteiger partial charge in [0.1, 0.15) is 0 Å². The van der Waals surface area contributed by atoms with Gasteiger partial charge >= 0.3 is 12.1 Å². The Hall–Kier alpha value is -1.96. The average Bonchev–Trinajstić information content (AvgIpc) is 2.82. The van der Waals surface area contributed by atoms with Crippen molar-refractivity contribution in [1.29, 1.82) is 0 Å². The Morgan fingerprint density at radius 1 is 1.40 bits per heavy atom. The quantitative estimate of drug-likeness (QED) is 0.864. The fourth-order valence-corrected chi connectivity index (χ4v) is 1.78. The van der Waals surface area contributed by atoms with Crippen LogP contribution in [-0.4, -0.2) is 24.5 Å². The van der Waals surface area contributed by atoms with E-state index in [2.05, 4.69) is 4.74 Å². The molecule has 1 aromatic rings. The first-order chi connectivity index (χ1) is 9.34. The number of ether oxygens (including phenoxy) is 3. The van der Waals surface area contributed by atoms with Gasteiger partial charge in [-0.15, -0.1) is 0 Å². The fraction of sp³-hybridized carbons (Fsp3) is 0.417. The van der Waals surface area contributed by atoms with Crippen molar-refractivity contribution < 1.29 is 37.3 Å². The summed E-state index contributed by atoms with van der Waals surface area (Å²) in [6.07, 6.45) is -6.79. The Morgan fingerprint density at radius 3 is 2.55 bits per heavy atom. The maximum Gasteiger partial charge on any atom is 0.416 e. The van der Waals surface area contributed by atoms with Gasteiger partial charge in [0.05, 0.1) is 12.2 Å². The molecule has 0 aliphatic carbocycles. The lowest BCUT2D eigenvalue weighted by Crippen LogP contribution is -2.20. The van der Waals surface area contributed by atoms with E-state index in [-0.39, 0.29) is 24.9 Å². The Morgan fingerprint density at radius 2 is 2.00 bits per heavy atom. The van der Waals surface area contributed by atoms with Crippen LogP contribution in [0.25, 0.3) is 0 Å². The van der Waals surface area contributed by atoms with Crippen molar-refractivity contribution >= 4 is 5.97 Å². The highest BCUT2D eigenvalue weighted by molar-refractivity contribution is 5.77. The van der Waals surface area contributed by atoms with Crippen molar-refractivity contribution in [3.05, 3.63) is 23.3 Å². The van der Waals surface area contributed by atoms with Crippen molar-refractivity contribution in [3.8, 4) is 11.5 Å². The summed E-state index contributed by atoms with van der Waals surface area (Å²) in [6.45, 7) is 1.21. The molecule has 0 saturated heterocycles. The van der Waals surface area contributed by atoms with Gasteiger partial charge in [-0.2, -0.15) is 13.2 Å². The minimum Gasteiger partial charge on any atom is -0.464 e. The number of aliphatic hydroxyl groups excluding tert-OH is 1. The first-order valence-corrected chi connectivity index (χ1v) is 5.70. The van der Waals surface area contributed by atoms with Crippen molar-refractivity contribution in [2.45, 2.75) is 19.2 Å². The van der Waals surface area contributed by atoms with Crippen LogP contribution in [-0.2, 0) is 15.7 Å². The lowest BCUT2D eigenvalue weighted by atomic mass is 10.0. The maximum absolute atomic E-state index is 13.0. The number of halogens is 3. The summed E-state index contributed by atoms with van der Waals surface area (Å²) in [7, 11) is 0. The first kappa shape index (κ1) is 14.4. The summed E-state index contributed by atoms with van der Waals surface area (Å²) in [5, 5.41) is 9.72. The minimum absolute atomic E-state index is 0.0383. The highest BCUT2D eigenvalue weighted by Crippen LogP contribution is 2.43. The van der Waals surface area contributed by atoms with E-state index in [0.717, 1.165) is 6.07 Å². The SMILES string of the molecule is CCOC(=O)C(O)c1cc2c(cc1C(F)(F)F)OCO2. The summed E-state index contributed by atoms with van der Waals surface area (Å²) in [4.78, 5) is 11.4. The predicted molar refractivity (Wildman–Crippen MR) is 59.2 cm³/mol. The molecule has 0 saturated carbocycles. The summed E-state index contributed by atoms with van der Waals surface area (Å²) in [6, 6.07) is 1.63. The van der Waals surface area contributed by atoms with Gasteiger partial charge in [-0.3, -0.25) is 0 Å². The molecule has 0 aromatic heterocycles. The van der Waals surface area contributed by atoms with Crippen molar-refractivity contribution in [2.75, 3.05) is 13.4 Å². The van der Waals surface area contributed by atoms with Crippen LogP contribution < -0.4 is 9.47 Å². The second-order valence-corrected chi connectivity index (χ2v) is 3.95. The van der Waals surface area contributed by atoms with E-state index >= 15 is 0 Å². The van der Waals surface area contributed by atoms with E-state index in [1.165, 1.54) is 6.92 Å². The van der Waals surface area contributed by atoms with Crippen LogP contribution in [0.4, 0.5) is 13.2 Å². The number of hydrogen-bond donors (Lipinski definition) is 1. The van der Waals surface area contributed by atoms with Crippen LogP contribution in [0.15, 0.2) is 12.1 Å². The van der Waals surface area contributed by atoms with Crippen LogP contribution in [0.3, 0.4) is 0 Å². The van der Waals surface area contributed by atoms with E-state index in [9.17, 15) is 23.1 Å². The molecule has 1 unspecified atom stereocenters. The first-order valence-electron chi connectivity index (χ1n) is 5.70. The van der Waals surface area contributed by atoms with Crippen molar-refractivity contribution in [2.24, 2.45) is 0 Å². The monoisotopic (exact) mass is 292 g/mol. The van der Waals surface area contributed by atoms with E-state index < -0.39 is 29.4 Å². The molecular formula is C12H11F3O5. The molecule has 5 nitrogen and oxygen atoms in total. The smallest absolute Gasteiger partial charge is 0.416 e. The zero-order valence-corrected chi connectivity index (χ0v) is 10.4. The number of esters is 1. The van der Waals surface area contributed by atoms with Gasteiger partial charge in [-0.1, -0.05) is 0 Å². The van der Waals surface area contributed by atoms with Gasteiger partial charge in [0.15, 0.2) is 17.6 Å². The molecule has 8 heteroatoms. The molecule has 1 heterocycles. The minimum atomic E-state index is -4.75. The molecule has 1 aliphatic heterocycles. The van der Waals surface area contributed by atoms with Gasteiger partial charge in [0, 0.05) is 5.56 Å². The molecular weight excluding hydrogens is 281 g/mol. The van der Waals surface area contributed by atoms with E-state index in [0.29, 0.717) is 6.07 Å². The zero-order valence-electron chi connectivity index (χ0n) is 10.4. The molecule has 1 aromatic carbocycles. The van der Waals surface area contributed by atoms with Gasteiger partial charge < -0.3 is 19.3 Å². The number of carbonyl (C=O) groups is 1. The van der Waals surface area contributed by atoms with Crippen molar-refractivity contribution in [1.82, 2.24) is 0 Å². The number of alkyl halides is 3. The summed E-state index contributed by atoms with van der Waals surface area (Å²) in [5.74, 6) is -1.20. The Kier molecular flexibility index (Phi) is 3.76. The van der Waals surface area contributed by atoms with Crippen molar-refractivity contribution in [3.63, 3.8) is 0 Å². The fourth-order valence-electron chi connectivity index (χ4n) is 1.78. The van der Waals surface area contributed by atoms with Crippen LogP contribution in [0, 0.1) is 0 Å². The largest absolute Gasteiger partial charge is 0.464 e. The molecule has 0 radical (unpaired) electrons.